The third-order valence-corrected chi connectivity index (χ3v) is 3.34. The Hall–Kier alpha value is -0.940. The van der Waals surface area contributed by atoms with E-state index in [1.54, 1.807) is 17.5 Å². The van der Waals surface area contributed by atoms with Crippen molar-refractivity contribution in [3.63, 3.8) is 0 Å². The lowest BCUT2D eigenvalue weighted by molar-refractivity contribution is -0.143. The van der Waals surface area contributed by atoms with Gasteiger partial charge in [0.2, 0.25) is 0 Å². The number of methoxy groups -OCH3 is 1. The van der Waals surface area contributed by atoms with E-state index in [0.29, 0.717) is 6.42 Å². The Morgan fingerprint density at radius 3 is 2.75 bits per heavy atom. The molecule has 16 heavy (non-hydrogen) atoms. The van der Waals surface area contributed by atoms with Gasteiger partial charge in [-0.15, -0.1) is 11.3 Å². The number of esters is 1. The minimum absolute atomic E-state index is 0.129. The second-order valence-electron chi connectivity index (χ2n) is 3.48. The van der Waals surface area contributed by atoms with Crippen molar-refractivity contribution in [3.05, 3.63) is 16.6 Å². The molecule has 0 saturated carbocycles. The van der Waals surface area contributed by atoms with Crippen LogP contribution in [-0.4, -0.2) is 24.1 Å². The maximum atomic E-state index is 11.5. The van der Waals surface area contributed by atoms with Crippen LogP contribution in [0.3, 0.4) is 0 Å². The number of thiazole rings is 1. The molecule has 1 rings (SSSR count). The van der Waals surface area contributed by atoms with E-state index in [9.17, 15) is 4.79 Å². The van der Waals surface area contributed by atoms with E-state index >= 15 is 0 Å². The van der Waals surface area contributed by atoms with Gasteiger partial charge in [0.25, 0.3) is 0 Å². The molecule has 1 aromatic rings. The van der Waals surface area contributed by atoms with Gasteiger partial charge >= 0.3 is 5.97 Å². The van der Waals surface area contributed by atoms with Gasteiger partial charge < -0.3 is 4.74 Å². The Bertz CT molecular complexity index is 314. The summed E-state index contributed by atoms with van der Waals surface area (Å²) >= 11 is 1.60. The third kappa shape index (κ3) is 3.28. The smallest absolute Gasteiger partial charge is 0.322 e. The highest BCUT2D eigenvalue weighted by Crippen LogP contribution is 2.19. The predicted octanol–water partition coefficient (Wildman–Crippen LogP) is 2.14. The molecule has 2 atom stereocenters. The highest BCUT2D eigenvalue weighted by molar-refractivity contribution is 7.09. The molecule has 0 aromatic carbocycles. The number of carbonyl (C=O) groups excluding carboxylic acids is 1. The van der Waals surface area contributed by atoms with Crippen LogP contribution in [0.2, 0.25) is 0 Å². The minimum atomic E-state index is -0.251. The maximum Gasteiger partial charge on any atom is 0.322 e. The fourth-order valence-corrected chi connectivity index (χ4v) is 2.29. The Morgan fingerprint density at radius 1 is 1.56 bits per heavy atom. The van der Waals surface area contributed by atoms with Crippen molar-refractivity contribution in [2.75, 3.05) is 7.11 Å². The summed E-state index contributed by atoms with van der Waals surface area (Å²) in [6, 6.07) is -0.122. The topological polar surface area (TPSA) is 51.2 Å². The first kappa shape index (κ1) is 13.1. The summed E-state index contributed by atoms with van der Waals surface area (Å²) in [6.45, 7) is 4.03. The van der Waals surface area contributed by atoms with Crippen LogP contribution in [-0.2, 0) is 9.53 Å². The van der Waals surface area contributed by atoms with Gasteiger partial charge in [0.05, 0.1) is 13.2 Å². The zero-order chi connectivity index (χ0) is 12.0. The summed E-state index contributed by atoms with van der Waals surface area (Å²) in [5, 5.41) is 6.24. The van der Waals surface area contributed by atoms with Crippen LogP contribution in [0.1, 0.15) is 37.7 Å². The summed E-state index contributed by atoms with van der Waals surface area (Å²) in [5.41, 5.74) is 0. The predicted molar refractivity (Wildman–Crippen MR) is 64.4 cm³/mol. The number of ether oxygens (including phenoxy) is 1. The second kappa shape index (κ2) is 6.60. The molecule has 0 bridgehead atoms. The lowest BCUT2D eigenvalue weighted by Gasteiger charge is -2.20. The molecule has 0 spiro atoms. The first-order chi connectivity index (χ1) is 7.72. The van der Waals surface area contributed by atoms with Gasteiger partial charge in [0.15, 0.2) is 0 Å². The van der Waals surface area contributed by atoms with Gasteiger partial charge in [-0.2, -0.15) is 0 Å². The molecular weight excluding hydrogens is 224 g/mol. The summed E-state index contributed by atoms with van der Waals surface area (Å²) in [6.07, 6.45) is 3.40. The van der Waals surface area contributed by atoms with Crippen molar-refractivity contribution >= 4 is 17.3 Å². The number of hydrogen-bond acceptors (Lipinski definition) is 5. The molecule has 5 heteroatoms. The lowest BCUT2D eigenvalue weighted by Crippen LogP contribution is -2.39. The molecule has 0 aliphatic heterocycles. The Morgan fingerprint density at radius 2 is 2.31 bits per heavy atom. The zero-order valence-electron chi connectivity index (χ0n) is 9.90. The molecule has 4 nitrogen and oxygen atoms in total. The number of rotatable bonds is 6. The summed E-state index contributed by atoms with van der Waals surface area (Å²) < 4.78 is 4.75. The standard InChI is InChI=1S/C11H18N2O2S/c1-4-8(10-12-6-7-16-10)13-9(5-2)11(14)15-3/h6-9,13H,4-5H2,1-3H3. The minimum Gasteiger partial charge on any atom is -0.468 e. The molecule has 0 amide bonds. The first-order valence-corrected chi connectivity index (χ1v) is 6.34. The highest BCUT2D eigenvalue weighted by atomic mass is 32.1. The number of nitrogens with zero attached hydrogens (tertiary/aromatic N) is 1. The summed E-state index contributed by atoms with van der Waals surface area (Å²) in [5.74, 6) is -0.211. The third-order valence-electron chi connectivity index (χ3n) is 2.45. The van der Waals surface area contributed by atoms with Crippen LogP contribution in [0.25, 0.3) is 0 Å². The lowest BCUT2D eigenvalue weighted by atomic mass is 10.1. The van der Waals surface area contributed by atoms with E-state index in [1.165, 1.54) is 7.11 Å². The number of nitrogens with one attached hydrogen (secondary N) is 1. The van der Waals surface area contributed by atoms with Crippen molar-refractivity contribution in [2.24, 2.45) is 0 Å². The maximum absolute atomic E-state index is 11.5. The average molecular weight is 242 g/mol. The van der Waals surface area contributed by atoms with Crippen molar-refractivity contribution in [1.29, 1.82) is 0 Å². The van der Waals surface area contributed by atoms with Crippen LogP contribution in [0, 0.1) is 0 Å². The molecule has 0 aliphatic carbocycles. The van der Waals surface area contributed by atoms with Gasteiger partial charge in [-0.25, -0.2) is 4.98 Å². The molecule has 0 aliphatic rings. The van der Waals surface area contributed by atoms with Crippen molar-refractivity contribution in [2.45, 2.75) is 38.8 Å². The monoisotopic (exact) mass is 242 g/mol. The van der Waals surface area contributed by atoms with Gasteiger partial charge in [-0.05, 0) is 12.8 Å². The van der Waals surface area contributed by atoms with Gasteiger partial charge in [-0.3, -0.25) is 10.1 Å². The normalized spacial score (nSPS) is 14.4. The van der Waals surface area contributed by atoms with Gasteiger partial charge in [0, 0.05) is 11.6 Å². The molecule has 2 unspecified atom stereocenters. The Kier molecular flexibility index (Phi) is 5.42. The van der Waals surface area contributed by atoms with Crippen LogP contribution in [0.4, 0.5) is 0 Å². The molecular formula is C11H18N2O2S. The van der Waals surface area contributed by atoms with E-state index < -0.39 is 0 Å². The summed E-state index contributed by atoms with van der Waals surface area (Å²) in [7, 11) is 1.41. The average Bonchev–Trinajstić information content (AvgIpc) is 2.83. The SMILES string of the molecule is CCC(NC(CC)c1nccs1)C(=O)OC. The number of aromatic nitrogens is 1. The van der Waals surface area contributed by atoms with E-state index in [0.717, 1.165) is 11.4 Å². The fourth-order valence-electron chi connectivity index (χ4n) is 1.51. The van der Waals surface area contributed by atoms with E-state index in [2.05, 4.69) is 17.2 Å². The molecule has 1 N–H and O–H groups in total. The second-order valence-corrected chi connectivity index (χ2v) is 4.41. The Balaban J connectivity index is 2.65. The number of hydrogen-bond donors (Lipinski definition) is 1. The largest absolute Gasteiger partial charge is 0.468 e. The fraction of sp³-hybridized carbons (Fsp3) is 0.636. The van der Waals surface area contributed by atoms with Crippen LogP contribution in [0.15, 0.2) is 11.6 Å². The number of carbonyl (C=O) groups is 1. The van der Waals surface area contributed by atoms with Crippen LogP contribution in [0.5, 0.6) is 0 Å². The van der Waals surface area contributed by atoms with E-state index in [1.807, 2.05) is 12.3 Å². The van der Waals surface area contributed by atoms with E-state index in [4.69, 9.17) is 4.74 Å². The first-order valence-electron chi connectivity index (χ1n) is 5.46. The van der Waals surface area contributed by atoms with Crippen LogP contribution >= 0.6 is 11.3 Å². The van der Waals surface area contributed by atoms with Crippen molar-refractivity contribution < 1.29 is 9.53 Å². The summed E-state index contributed by atoms with van der Waals surface area (Å²) in [4.78, 5) is 15.7. The van der Waals surface area contributed by atoms with E-state index in [-0.39, 0.29) is 18.1 Å². The van der Waals surface area contributed by atoms with Gasteiger partial charge in [0.1, 0.15) is 11.0 Å². The van der Waals surface area contributed by atoms with Crippen LogP contribution < -0.4 is 5.32 Å². The van der Waals surface area contributed by atoms with Crippen molar-refractivity contribution in [1.82, 2.24) is 10.3 Å². The highest BCUT2D eigenvalue weighted by Gasteiger charge is 2.22. The molecule has 1 heterocycles. The molecule has 0 radical (unpaired) electrons. The molecule has 1 aromatic heterocycles. The quantitative estimate of drug-likeness (QED) is 0.776. The molecule has 0 saturated heterocycles. The Labute approximate surface area is 100 Å². The van der Waals surface area contributed by atoms with Gasteiger partial charge in [-0.1, -0.05) is 13.8 Å². The molecule has 90 valence electrons. The zero-order valence-corrected chi connectivity index (χ0v) is 10.7. The molecule has 0 fully saturated rings. The van der Waals surface area contributed by atoms with Crippen molar-refractivity contribution in [3.8, 4) is 0 Å².